The molecule has 0 rings (SSSR count). The average molecular weight is 218 g/mol. The van der Waals surface area contributed by atoms with Crippen molar-refractivity contribution in [1.29, 1.82) is 0 Å². The number of nitrogens with one attached hydrogen (secondary N) is 2. The predicted molar refractivity (Wildman–Crippen MR) is 58.7 cm³/mol. The molecule has 0 aliphatic rings. The molecular weight excluding hydrogens is 196 g/mol. The lowest BCUT2D eigenvalue weighted by Crippen LogP contribution is -2.37. The maximum absolute atomic E-state index is 11.2. The number of amides is 1. The summed E-state index contributed by atoms with van der Waals surface area (Å²) in [6.07, 6.45) is 0.771. The van der Waals surface area contributed by atoms with Gasteiger partial charge in [0, 0.05) is 19.2 Å². The van der Waals surface area contributed by atoms with Crippen LogP contribution >= 0.6 is 0 Å². The van der Waals surface area contributed by atoms with E-state index in [-0.39, 0.29) is 12.5 Å². The molecule has 0 saturated heterocycles. The fourth-order valence-corrected chi connectivity index (χ4v) is 0.928. The number of hydrogen-bond acceptors (Lipinski definition) is 4. The van der Waals surface area contributed by atoms with Gasteiger partial charge in [-0.15, -0.1) is 0 Å². The first-order valence-corrected chi connectivity index (χ1v) is 5.35. The van der Waals surface area contributed by atoms with E-state index in [1.807, 2.05) is 13.8 Å². The molecule has 0 aromatic rings. The van der Waals surface area contributed by atoms with E-state index in [9.17, 15) is 4.79 Å². The quantitative estimate of drug-likeness (QED) is 0.456. The van der Waals surface area contributed by atoms with E-state index in [4.69, 9.17) is 9.84 Å². The lowest BCUT2D eigenvalue weighted by atomic mass is 10.4. The molecule has 0 aliphatic heterocycles. The molecule has 0 saturated carbocycles. The van der Waals surface area contributed by atoms with Crippen LogP contribution in [0.15, 0.2) is 0 Å². The molecule has 5 heteroatoms. The molecule has 0 spiro atoms. The summed E-state index contributed by atoms with van der Waals surface area (Å²) in [5.74, 6) is 0.00542. The summed E-state index contributed by atoms with van der Waals surface area (Å²) >= 11 is 0. The van der Waals surface area contributed by atoms with Crippen molar-refractivity contribution >= 4 is 5.91 Å². The van der Waals surface area contributed by atoms with Gasteiger partial charge in [0.25, 0.3) is 0 Å². The summed E-state index contributed by atoms with van der Waals surface area (Å²) in [4.78, 5) is 11.2. The lowest BCUT2D eigenvalue weighted by Gasteiger charge is -2.08. The van der Waals surface area contributed by atoms with Crippen LogP contribution in [0.25, 0.3) is 0 Å². The normalized spacial score (nSPS) is 10.7. The van der Waals surface area contributed by atoms with Crippen LogP contribution in [0.3, 0.4) is 0 Å². The second-order valence-electron chi connectivity index (χ2n) is 3.58. The third-order valence-corrected chi connectivity index (χ3v) is 1.69. The molecule has 3 N–H and O–H groups in total. The Morgan fingerprint density at radius 1 is 1.40 bits per heavy atom. The van der Waals surface area contributed by atoms with Crippen LogP contribution in [-0.2, 0) is 9.53 Å². The summed E-state index contributed by atoms with van der Waals surface area (Å²) in [6.45, 7) is 5.94. The average Bonchev–Trinajstić information content (AvgIpc) is 2.20. The van der Waals surface area contributed by atoms with Crippen molar-refractivity contribution in [2.75, 3.05) is 32.9 Å². The zero-order chi connectivity index (χ0) is 11.5. The molecule has 0 heterocycles. The molecule has 0 atom stereocenters. The van der Waals surface area contributed by atoms with Gasteiger partial charge < -0.3 is 20.5 Å². The molecule has 0 unspecified atom stereocenters. The summed E-state index contributed by atoms with van der Waals surface area (Å²) in [6, 6.07) is 0.323. The van der Waals surface area contributed by atoms with Gasteiger partial charge in [0.1, 0.15) is 0 Å². The van der Waals surface area contributed by atoms with Gasteiger partial charge in [-0.25, -0.2) is 0 Å². The van der Waals surface area contributed by atoms with Crippen LogP contribution in [0.5, 0.6) is 0 Å². The Balaban J connectivity index is 3.17. The third kappa shape index (κ3) is 11.3. The highest BCUT2D eigenvalue weighted by Gasteiger charge is 2.00. The van der Waals surface area contributed by atoms with Gasteiger partial charge in [-0.2, -0.15) is 0 Å². The standard InChI is InChI=1S/C10H22N2O3/c1-9(2)12-8-10(14)11-4-3-6-15-7-5-13/h9,12-13H,3-8H2,1-2H3,(H,11,14). The van der Waals surface area contributed by atoms with Crippen molar-refractivity contribution in [3.63, 3.8) is 0 Å². The van der Waals surface area contributed by atoms with Crippen LogP contribution < -0.4 is 10.6 Å². The predicted octanol–water partition coefficient (Wildman–Crippen LogP) is -0.500. The van der Waals surface area contributed by atoms with Crippen LogP contribution in [0.4, 0.5) is 0 Å². The zero-order valence-electron chi connectivity index (χ0n) is 9.58. The SMILES string of the molecule is CC(C)NCC(=O)NCCCOCCO. The van der Waals surface area contributed by atoms with Gasteiger partial charge in [-0.05, 0) is 6.42 Å². The molecule has 90 valence electrons. The number of carbonyl (C=O) groups excluding carboxylic acids is 1. The third-order valence-electron chi connectivity index (χ3n) is 1.69. The van der Waals surface area contributed by atoms with E-state index in [1.165, 1.54) is 0 Å². The van der Waals surface area contributed by atoms with Crippen molar-refractivity contribution < 1.29 is 14.6 Å². The number of ether oxygens (including phenoxy) is 1. The molecule has 0 bridgehead atoms. The highest BCUT2D eigenvalue weighted by molar-refractivity contribution is 5.77. The number of aliphatic hydroxyl groups is 1. The molecule has 0 radical (unpaired) electrons. The molecule has 0 aromatic heterocycles. The van der Waals surface area contributed by atoms with E-state index >= 15 is 0 Å². The number of rotatable bonds is 9. The van der Waals surface area contributed by atoms with E-state index < -0.39 is 0 Å². The summed E-state index contributed by atoms with van der Waals surface area (Å²) in [5.41, 5.74) is 0. The van der Waals surface area contributed by atoms with Gasteiger partial charge in [0.05, 0.1) is 19.8 Å². The summed E-state index contributed by atoms with van der Waals surface area (Å²) in [5, 5.41) is 14.2. The van der Waals surface area contributed by atoms with Gasteiger partial charge in [0.15, 0.2) is 0 Å². The minimum absolute atomic E-state index is 0.00542. The van der Waals surface area contributed by atoms with E-state index in [0.717, 1.165) is 6.42 Å². The second kappa shape index (κ2) is 9.89. The van der Waals surface area contributed by atoms with Crippen LogP contribution in [0.2, 0.25) is 0 Å². The largest absolute Gasteiger partial charge is 0.394 e. The van der Waals surface area contributed by atoms with Crippen molar-refractivity contribution in [3.05, 3.63) is 0 Å². The van der Waals surface area contributed by atoms with E-state index in [1.54, 1.807) is 0 Å². The second-order valence-corrected chi connectivity index (χ2v) is 3.58. The van der Waals surface area contributed by atoms with E-state index in [2.05, 4.69) is 10.6 Å². The van der Waals surface area contributed by atoms with E-state index in [0.29, 0.717) is 32.3 Å². The fraction of sp³-hybridized carbons (Fsp3) is 0.900. The van der Waals surface area contributed by atoms with Crippen molar-refractivity contribution in [2.24, 2.45) is 0 Å². The summed E-state index contributed by atoms with van der Waals surface area (Å²) in [7, 11) is 0. The lowest BCUT2D eigenvalue weighted by molar-refractivity contribution is -0.120. The first kappa shape index (κ1) is 14.3. The number of carbonyl (C=O) groups is 1. The first-order valence-electron chi connectivity index (χ1n) is 5.35. The van der Waals surface area contributed by atoms with Gasteiger partial charge in [-0.3, -0.25) is 4.79 Å². The topological polar surface area (TPSA) is 70.6 Å². The minimum Gasteiger partial charge on any atom is -0.394 e. The maximum atomic E-state index is 11.2. The van der Waals surface area contributed by atoms with Crippen LogP contribution in [0.1, 0.15) is 20.3 Å². The Labute approximate surface area is 91.2 Å². The van der Waals surface area contributed by atoms with Crippen LogP contribution in [-0.4, -0.2) is 50.0 Å². The highest BCUT2D eigenvalue weighted by Crippen LogP contribution is 1.81. The molecule has 0 aliphatic carbocycles. The van der Waals surface area contributed by atoms with Gasteiger partial charge in [0.2, 0.25) is 5.91 Å². The van der Waals surface area contributed by atoms with Crippen molar-refractivity contribution in [3.8, 4) is 0 Å². The maximum Gasteiger partial charge on any atom is 0.233 e. The Kier molecular flexibility index (Phi) is 9.46. The Hall–Kier alpha value is -0.650. The zero-order valence-corrected chi connectivity index (χ0v) is 9.58. The Morgan fingerprint density at radius 3 is 2.73 bits per heavy atom. The first-order chi connectivity index (χ1) is 7.16. The number of hydrogen-bond donors (Lipinski definition) is 3. The molecule has 0 fully saturated rings. The monoisotopic (exact) mass is 218 g/mol. The molecule has 1 amide bonds. The van der Waals surface area contributed by atoms with Crippen molar-refractivity contribution in [2.45, 2.75) is 26.3 Å². The van der Waals surface area contributed by atoms with Crippen LogP contribution in [0, 0.1) is 0 Å². The highest BCUT2D eigenvalue weighted by atomic mass is 16.5. The Bertz CT molecular complexity index is 163. The number of aliphatic hydroxyl groups excluding tert-OH is 1. The smallest absolute Gasteiger partial charge is 0.233 e. The van der Waals surface area contributed by atoms with Crippen molar-refractivity contribution in [1.82, 2.24) is 10.6 Å². The molecular formula is C10H22N2O3. The van der Waals surface area contributed by atoms with Gasteiger partial charge >= 0.3 is 0 Å². The molecule has 5 nitrogen and oxygen atoms in total. The summed E-state index contributed by atoms with van der Waals surface area (Å²) < 4.78 is 5.05. The molecule has 0 aromatic carbocycles. The Morgan fingerprint density at radius 2 is 2.13 bits per heavy atom. The molecule has 15 heavy (non-hydrogen) atoms. The van der Waals surface area contributed by atoms with Gasteiger partial charge in [-0.1, -0.05) is 13.8 Å². The fourth-order valence-electron chi connectivity index (χ4n) is 0.928. The minimum atomic E-state index is 0.00542.